The second kappa shape index (κ2) is 9.62. The van der Waals surface area contributed by atoms with Crippen LogP contribution in [-0.2, 0) is 14.3 Å². The number of esters is 1. The van der Waals surface area contributed by atoms with Crippen LogP contribution in [0.5, 0.6) is 0 Å². The van der Waals surface area contributed by atoms with Gasteiger partial charge in [0.25, 0.3) is 5.92 Å². The predicted molar refractivity (Wildman–Crippen MR) is 82.8 cm³/mol. The lowest BCUT2D eigenvalue weighted by Gasteiger charge is -2.40. The van der Waals surface area contributed by atoms with E-state index in [0.717, 1.165) is 6.92 Å². The van der Waals surface area contributed by atoms with Crippen molar-refractivity contribution >= 4 is 5.97 Å². The minimum Gasteiger partial charge on any atom is -0.461 e. The number of hydrogen-bond donors (Lipinski definition) is 0. The van der Waals surface area contributed by atoms with E-state index in [2.05, 4.69) is 4.74 Å². The summed E-state index contributed by atoms with van der Waals surface area (Å²) in [4.78, 5) is 12.4. The minimum absolute atomic E-state index is 0.0963. The van der Waals surface area contributed by atoms with E-state index in [0.29, 0.717) is 0 Å². The first-order valence-corrected chi connectivity index (χ1v) is 9.00. The minimum atomic E-state index is -7.82. The van der Waals surface area contributed by atoms with Crippen LogP contribution in [0.15, 0.2) is 0 Å². The van der Waals surface area contributed by atoms with Crippen molar-refractivity contribution in [3.05, 3.63) is 0 Å². The van der Waals surface area contributed by atoms with Gasteiger partial charge in [-0.05, 0) is 0 Å². The van der Waals surface area contributed by atoms with Crippen molar-refractivity contribution in [3.8, 4) is 0 Å². The zero-order chi connectivity index (χ0) is 26.1. The molecule has 0 aliphatic carbocycles. The number of ether oxygens (including phenoxy) is 2. The second-order valence-corrected chi connectivity index (χ2v) is 7.31. The zero-order valence-corrected chi connectivity index (χ0v) is 16.6. The second-order valence-electron chi connectivity index (χ2n) is 7.31. The fourth-order valence-electron chi connectivity index (χ4n) is 3.06. The highest BCUT2D eigenvalue weighted by molar-refractivity contribution is 5.66. The van der Waals surface area contributed by atoms with Gasteiger partial charge in [0.05, 0.1) is 19.6 Å². The third kappa shape index (κ3) is 6.54. The summed E-state index contributed by atoms with van der Waals surface area (Å²) in [6.45, 7) is 0.552. The van der Waals surface area contributed by atoms with Gasteiger partial charge in [-0.1, -0.05) is 0 Å². The molecule has 0 radical (unpaired) electrons. The molecule has 1 saturated heterocycles. The summed E-state index contributed by atoms with van der Waals surface area (Å²) in [5.74, 6) is -20.8. The average Bonchev–Trinajstić information content (AvgIpc) is 2.57. The van der Waals surface area contributed by atoms with Crippen LogP contribution in [-0.4, -0.2) is 85.6 Å². The monoisotopic (exact) mass is 519 g/mol. The molecule has 0 amide bonds. The molecule has 0 saturated carbocycles. The molecule has 0 bridgehead atoms. The average molecular weight is 519 g/mol. The summed E-state index contributed by atoms with van der Waals surface area (Å²) < 4.78 is 181. The molecular formula is C16H18F13NO3. The first kappa shape index (κ1) is 29.5. The Balaban J connectivity index is 3.18. The lowest BCUT2D eigenvalue weighted by atomic mass is 9.87. The van der Waals surface area contributed by atoms with Crippen molar-refractivity contribution in [1.82, 2.24) is 4.90 Å². The molecule has 0 aromatic carbocycles. The summed E-state index contributed by atoms with van der Waals surface area (Å²) in [5, 5.41) is 0. The van der Waals surface area contributed by atoms with Gasteiger partial charge in [-0.25, -0.2) is 13.2 Å². The normalized spacial score (nSPS) is 18.8. The van der Waals surface area contributed by atoms with E-state index in [1.165, 1.54) is 4.90 Å². The number of hydrogen-bond acceptors (Lipinski definition) is 4. The summed E-state index contributed by atoms with van der Waals surface area (Å²) in [6, 6.07) is 0. The van der Waals surface area contributed by atoms with Crippen LogP contribution >= 0.6 is 0 Å². The van der Waals surface area contributed by atoms with Crippen LogP contribution in [0.1, 0.15) is 19.8 Å². The molecule has 196 valence electrons. The molecular weight excluding hydrogens is 501 g/mol. The summed E-state index contributed by atoms with van der Waals surface area (Å²) in [7, 11) is 0. The lowest BCUT2D eigenvalue weighted by molar-refractivity contribution is -0.429. The van der Waals surface area contributed by atoms with Crippen molar-refractivity contribution in [2.24, 2.45) is 0 Å². The SMILES string of the molecule is CC(=O)OC(CN1CCOCC1)CC(F)(F)CC(F)(F)C(F)(F)C(F)(C(F)(F)F)C(F)(F)F. The Labute approximate surface area is 178 Å². The number of carbonyl (C=O) groups is 1. The highest BCUT2D eigenvalue weighted by atomic mass is 19.4. The molecule has 1 aliphatic heterocycles. The molecule has 0 spiro atoms. The van der Waals surface area contributed by atoms with Gasteiger partial charge in [0.2, 0.25) is 0 Å². The number of nitrogens with zero attached hydrogens (tertiary/aromatic N) is 1. The Kier molecular flexibility index (Phi) is 8.60. The van der Waals surface area contributed by atoms with E-state index in [4.69, 9.17) is 4.74 Å². The zero-order valence-electron chi connectivity index (χ0n) is 16.6. The first-order valence-electron chi connectivity index (χ1n) is 9.00. The van der Waals surface area contributed by atoms with Crippen LogP contribution < -0.4 is 0 Å². The maximum Gasteiger partial charge on any atom is 0.438 e. The van der Waals surface area contributed by atoms with E-state index in [1.807, 2.05) is 0 Å². The molecule has 17 heteroatoms. The Morgan fingerprint density at radius 1 is 0.879 bits per heavy atom. The molecule has 0 aromatic heterocycles. The van der Waals surface area contributed by atoms with Crippen molar-refractivity contribution in [2.45, 2.75) is 61.7 Å². The Bertz CT molecular complexity index is 658. The maximum absolute atomic E-state index is 14.2. The van der Waals surface area contributed by atoms with Crippen LogP contribution in [0.25, 0.3) is 0 Å². The largest absolute Gasteiger partial charge is 0.461 e. The van der Waals surface area contributed by atoms with Crippen molar-refractivity contribution < 1.29 is 71.3 Å². The third-order valence-electron chi connectivity index (χ3n) is 4.58. The Morgan fingerprint density at radius 2 is 1.33 bits per heavy atom. The van der Waals surface area contributed by atoms with Gasteiger partial charge < -0.3 is 9.47 Å². The third-order valence-corrected chi connectivity index (χ3v) is 4.58. The standard InChI is InChI=1S/C16H18F13NO3/c1-9(31)33-10(7-30-2-4-32-5-3-30)6-11(17,18)8-12(19,20)14(22,23)13(21,15(24,25)26)16(27,28)29/h10H,2-8H2,1H3. The van der Waals surface area contributed by atoms with E-state index in [9.17, 15) is 61.9 Å². The summed E-state index contributed by atoms with van der Waals surface area (Å²) in [5.41, 5.74) is -7.82. The van der Waals surface area contributed by atoms with Crippen molar-refractivity contribution in [2.75, 3.05) is 32.8 Å². The van der Waals surface area contributed by atoms with Crippen molar-refractivity contribution in [1.29, 1.82) is 0 Å². The van der Waals surface area contributed by atoms with Gasteiger partial charge in [-0.3, -0.25) is 9.69 Å². The number of alkyl halides is 13. The van der Waals surface area contributed by atoms with Crippen LogP contribution in [0.3, 0.4) is 0 Å². The molecule has 33 heavy (non-hydrogen) atoms. The quantitative estimate of drug-likeness (QED) is 0.325. The van der Waals surface area contributed by atoms with Gasteiger partial charge in [-0.15, -0.1) is 0 Å². The molecule has 1 aliphatic rings. The number of carbonyl (C=O) groups excluding carboxylic acids is 1. The van der Waals surface area contributed by atoms with Crippen molar-refractivity contribution in [3.63, 3.8) is 0 Å². The van der Waals surface area contributed by atoms with E-state index in [-0.39, 0.29) is 26.3 Å². The molecule has 4 nitrogen and oxygen atoms in total. The van der Waals surface area contributed by atoms with Crippen LogP contribution in [0.2, 0.25) is 0 Å². The highest BCUT2D eigenvalue weighted by Gasteiger charge is 2.90. The fourth-order valence-corrected chi connectivity index (χ4v) is 3.06. The van der Waals surface area contributed by atoms with Gasteiger partial charge in [0.15, 0.2) is 0 Å². The smallest absolute Gasteiger partial charge is 0.438 e. The topological polar surface area (TPSA) is 38.8 Å². The first-order chi connectivity index (χ1) is 14.6. The highest BCUT2D eigenvalue weighted by Crippen LogP contribution is 2.60. The summed E-state index contributed by atoms with van der Waals surface area (Å²) in [6.07, 6.45) is -22.8. The van der Waals surface area contributed by atoms with Gasteiger partial charge in [0.1, 0.15) is 6.10 Å². The number of morpholine rings is 1. The molecule has 1 atom stereocenters. The molecule has 1 fully saturated rings. The van der Waals surface area contributed by atoms with Crippen LogP contribution in [0, 0.1) is 0 Å². The van der Waals surface area contributed by atoms with Gasteiger partial charge in [0, 0.05) is 33.0 Å². The van der Waals surface area contributed by atoms with Crippen LogP contribution in [0.4, 0.5) is 57.1 Å². The molecule has 0 N–H and O–H groups in total. The fraction of sp³-hybridized carbons (Fsp3) is 0.938. The van der Waals surface area contributed by atoms with E-state index in [1.54, 1.807) is 0 Å². The van der Waals surface area contributed by atoms with Gasteiger partial charge >= 0.3 is 35.8 Å². The Hall–Kier alpha value is -1.52. The van der Waals surface area contributed by atoms with E-state index < -0.39 is 67.2 Å². The maximum atomic E-state index is 14.2. The lowest BCUT2D eigenvalue weighted by Crippen LogP contribution is -2.70. The predicted octanol–water partition coefficient (Wildman–Crippen LogP) is 4.77. The molecule has 1 rings (SSSR count). The molecule has 1 heterocycles. The van der Waals surface area contributed by atoms with Gasteiger partial charge in [-0.2, -0.15) is 43.9 Å². The Morgan fingerprint density at radius 3 is 1.73 bits per heavy atom. The summed E-state index contributed by atoms with van der Waals surface area (Å²) >= 11 is 0. The number of rotatable bonds is 9. The van der Waals surface area contributed by atoms with E-state index >= 15 is 0 Å². The molecule has 1 unspecified atom stereocenters. The number of halogens is 13. The molecule has 0 aromatic rings.